The van der Waals surface area contributed by atoms with Crippen LogP contribution in [0.2, 0.25) is 0 Å². The largest absolute Gasteiger partial charge is 0.496 e. The van der Waals surface area contributed by atoms with Gasteiger partial charge in [-0.25, -0.2) is 0 Å². The van der Waals surface area contributed by atoms with Gasteiger partial charge in [-0.2, -0.15) is 11.8 Å². The maximum atomic E-state index is 11.9. The van der Waals surface area contributed by atoms with E-state index in [4.69, 9.17) is 4.74 Å². The Kier molecular flexibility index (Phi) is 4.31. The second kappa shape index (κ2) is 5.96. The van der Waals surface area contributed by atoms with E-state index in [0.29, 0.717) is 6.54 Å². The Hall–Kier alpha value is -1.16. The van der Waals surface area contributed by atoms with Crippen molar-refractivity contribution in [2.75, 3.05) is 18.6 Å². The highest BCUT2D eigenvalue weighted by Gasteiger charge is 2.22. The van der Waals surface area contributed by atoms with Crippen molar-refractivity contribution in [3.05, 3.63) is 29.8 Å². The van der Waals surface area contributed by atoms with Gasteiger partial charge in [0.05, 0.1) is 7.11 Å². The molecular formula is C13H17NO2S. The molecule has 1 fully saturated rings. The molecule has 1 atom stereocenters. The minimum Gasteiger partial charge on any atom is -0.496 e. The number of carbonyl (C=O) groups excluding carboxylic acids is 1. The van der Waals surface area contributed by atoms with Crippen molar-refractivity contribution >= 4 is 17.7 Å². The summed E-state index contributed by atoms with van der Waals surface area (Å²) < 4.78 is 5.25. The summed E-state index contributed by atoms with van der Waals surface area (Å²) in [7, 11) is 1.65. The average Bonchev–Trinajstić information content (AvgIpc) is 2.90. The predicted octanol–water partition coefficient (Wildman–Crippen LogP) is 2.06. The van der Waals surface area contributed by atoms with Crippen LogP contribution in [-0.2, 0) is 11.3 Å². The molecule has 92 valence electrons. The SMILES string of the molecule is COc1ccccc1CNC(=O)C1CCSC1. The summed E-state index contributed by atoms with van der Waals surface area (Å²) in [5.74, 6) is 3.24. The number of benzene rings is 1. The van der Waals surface area contributed by atoms with Crippen molar-refractivity contribution in [2.45, 2.75) is 13.0 Å². The van der Waals surface area contributed by atoms with Gasteiger partial charge in [-0.1, -0.05) is 18.2 Å². The third-order valence-corrected chi connectivity index (χ3v) is 4.11. The minimum atomic E-state index is 0.168. The van der Waals surface area contributed by atoms with Crippen LogP contribution in [0.4, 0.5) is 0 Å². The molecule has 0 spiro atoms. The summed E-state index contributed by atoms with van der Waals surface area (Å²) >= 11 is 1.85. The van der Waals surface area contributed by atoms with Gasteiger partial charge in [-0.15, -0.1) is 0 Å². The van der Waals surface area contributed by atoms with Crippen LogP contribution in [0, 0.1) is 5.92 Å². The van der Waals surface area contributed by atoms with Crippen molar-refractivity contribution in [2.24, 2.45) is 5.92 Å². The fourth-order valence-corrected chi connectivity index (χ4v) is 3.14. The topological polar surface area (TPSA) is 38.3 Å². The summed E-state index contributed by atoms with van der Waals surface area (Å²) in [4.78, 5) is 11.9. The highest BCUT2D eigenvalue weighted by atomic mass is 32.2. The van der Waals surface area contributed by atoms with E-state index in [1.165, 1.54) is 0 Å². The maximum absolute atomic E-state index is 11.9. The van der Waals surface area contributed by atoms with Crippen LogP contribution >= 0.6 is 11.8 Å². The van der Waals surface area contributed by atoms with Crippen molar-refractivity contribution in [3.63, 3.8) is 0 Å². The fourth-order valence-electron chi connectivity index (χ4n) is 1.92. The maximum Gasteiger partial charge on any atom is 0.224 e. The van der Waals surface area contributed by atoms with E-state index in [-0.39, 0.29) is 11.8 Å². The highest BCUT2D eigenvalue weighted by Crippen LogP contribution is 2.23. The van der Waals surface area contributed by atoms with Gasteiger partial charge in [0.2, 0.25) is 5.91 Å². The first-order valence-corrected chi connectivity index (χ1v) is 6.94. The summed E-state index contributed by atoms with van der Waals surface area (Å²) in [6.45, 7) is 0.546. The minimum absolute atomic E-state index is 0.168. The lowest BCUT2D eigenvalue weighted by molar-refractivity contribution is -0.124. The van der Waals surface area contributed by atoms with Gasteiger partial charge in [0.25, 0.3) is 0 Å². The number of nitrogens with one attached hydrogen (secondary N) is 1. The van der Waals surface area contributed by atoms with Gasteiger partial charge >= 0.3 is 0 Å². The van der Waals surface area contributed by atoms with Crippen LogP contribution in [0.25, 0.3) is 0 Å². The monoisotopic (exact) mass is 251 g/mol. The molecule has 1 aromatic rings. The number of thioether (sulfide) groups is 1. The standard InChI is InChI=1S/C13H17NO2S/c1-16-12-5-3-2-4-10(12)8-14-13(15)11-6-7-17-9-11/h2-5,11H,6-9H2,1H3,(H,14,15). The number of hydrogen-bond donors (Lipinski definition) is 1. The molecule has 4 heteroatoms. The molecule has 0 aromatic heterocycles. The third-order valence-electron chi connectivity index (χ3n) is 2.95. The lowest BCUT2D eigenvalue weighted by Gasteiger charge is -2.12. The zero-order chi connectivity index (χ0) is 12.1. The van der Waals surface area contributed by atoms with E-state index in [1.807, 2.05) is 36.0 Å². The number of methoxy groups -OCH3 is 1. The predicted molar refractivity (Wildman–Crippen MR) is 70.3 cm³/mol. The van der Waals surface area contributed by atoms with Crippen molar-refractivity contribution in [1.82, 2.24) is 5.32 Å². The number of carbonyl (C=O) groups is 1. The Bertz CT molecular complexity index is 389. The van der Waals surface area contributed by atoms with Crippen LogP contribution in [0.5, 0.6) is 5.75 Å². The lowest BCUT2D eigenvalue weighted by Crippen LogP contribution is -2.30. The van der Waals surface area contributed by atoms with Crippen LogP contribution in [0.3, 0.4) is 0 Å². The Morgan fingerprint density at radius 2 is 2.35 bits per heavy atom. The molecule has 1 aromatic carbocycles. The van der Waals surface area contributed by atoms with Crippen molar-refractivity contribution in [3.8, 4) is 5.75 Å². The van der Waals surface area contributed by atoms with Gasteiger partial charge in [0.15, 0.2) is 0 Å². The molecule has 0 aliphatic carbocycles. The van der Waals surface area contributed by atoms with Crippen LogP contribution in [-0.4, -0.2) is 24.5 Å². The van der Waals surface area contributed by atoms with Crippen molar-refractivity contribution < 1.29 is 9.53 Å². The van der Waals surface area contributed by atoms with Crippen LogP contribution in [0.15, 0.2) is 24.3 Å². The van der Waals surface area contributed by atoms with Gasteiger partial charge < -0.3 is 10.1 Å². The Balaban J connectivity index is 1.90. The molecule has 3 nitrogen and oxygen atoms in total. The first-order chi connectivity index (χ1) is 8.31. The molecule has 1 unspecified atom stereocenters. The Labute approximate surface area is 106 Å². The summed E-state index contributed by atoms with van der Waals surface area (Å²) in [5, 5.41) is 2.98. The van der Waals surface area contributed by atoms with Gasteiger partial charge in [0.1, 0.15) is 5.75 Å². The molecule has 1 amide bonds. The van der Waals surface area contributed by atoms with Crippen LogP contribution < -0.4 is 10.1 Å². The second-order valence-corrected chi connectivity index (χ2v) is 5.24. The normalized spacial score (nSPS) is 19.0. The van der Waals surface area contributed by atoms with E-state index < -0.39 is 0 Å². The van der Waals surface area contributed by atoms with E-state index in [0.717, 1.165) is 29.2 Å². The summed E-state index contributed by atoms with van der Waals surface area (Å²) in [5.41, 5.74) is 1.02. The van der Waals surface area contributed by atoms with Crippen molar-refractivity contribution in [1.29, 1.82) is 0 Å². The Morgan fingerprint density at radius 1 is 1.53 bits per heavy atom. The molecule has 1 N–H and O–H groups in total. The molecule has 2 rings (SSSR count). The molecule has 0 bridgehead atoms. The number of hydrogen-bond acceptors (Lipinski definition) is 3. The van der Waals surface area contributed by atoms with E-state index >= 15 is 0 Å². The molecule has 1 heterocycles. The van der Waals surface area contributed by atoms with E-state index in [1.54, 1.807) is 7.11 Å². The third kappa shape index (κ3) is 3.16. The molecule has 1 saturated heterocycles. The second-order valence-electron chi connectivity index (χ2n) is 4.09. The first kappa shape index (κ1) is 12.3. The zero-order valence-corrected chi connectivity index (χ0v) is 10.8. The smallest absolute Gasteiger partial charge is 0.224 e. The fraction of sp³-hybridized carbons (Fsp3) is 0.462. The molecule has 17 heavy (non-hydrogen) atoms. The number of rotatable bonds is 4. The van der Waals surface area contributed by atoms with Gasteiger partial charge in [-0.05, 0) is 18.2 Å². The molecule has 1 aliphatic heterocycles. The van der Waals surface area contributed by atoms with Gasteiger partial charge in [-0.3, -0.25) is 4.79 Å². The first-order valence-electron chi connectivity index (χ1n) is 5.78. The number of para-hydroxylation sites is 1. The average molecular weight is 251 g/mol. The van der Waals surface area contributed by atoms with E-state index in [9.17, 15) is 4.79 Å². The molecule has 0 saturated carbocycles. The molecule has 1 aliphatic rings. The zero-order valence-electron chi connectivity index (χ0n) is 9.94. The van der Waals surface area contributed by atoms with Crippen LogP contribution in [0.1, 0.15) is 12.0 Å². The highest BCUT2D eigenvalue weighted by molar-refractivity contribution is 7.99. The lowest BCUT2D eigenvalue weighted by atomic mass is 10.1. The Morgan fingerprint density at radius 3 is 3.06 bits per heavy atom. The molecular weight excluding hydrogens is 234 g/mol. The number of amides is 1. The van der Waals surface area contributed by atoms with E-state index in [2.05, 4.69) is 5.32 Å². The quantitative estimate of drug-likeness (QED) is 0.890. The number of ether oxygens (including phenoxy) is 1. The summed E-state index contributed by atoms with van der Waals surface area (Å²) in [6, 6.07) is 7.77. The molecule has 0 radical (unpaired) electrons. The van der Waals surface area contributed by atoms with Gasteiger partial charge in [0, 0.05) is 23.8 Å². The summed E-state index contributed by atoms with van der Waals surface area (Å²) in [6.07, 6.45) is 1.00.